The van der Waals surface area contributed by atoms with Crippen molar-refractivity contribution in [3.8, 4) is 5.75 Å². The molecule has 156 valence electrons. The van der Waals surface area contributed by atoms with Crippen molar-refractivity contribution in [2.24, 2.45) is 0 Å². The predicted octanol–water partition coefficient (Wildman–Crippen LogP) is 3.14. The number of nitrogens with one attached hydrogen (secondary N) is 1. The quantitative estimate of drug-likeness (QED) is 0.754. The van der Waals surface area contributed by atoms with Gasteiger partial charge in [0.25, 0.3) is 5.91 Å². The van der Waals surface area contributed by atoms with E-state index in [0.29, 0.717) is 0 Å². The topological polar surface area (TPSA) is 57.7 Å². The first-order chi connectivity index (χ1) is 14.2. The van der Waals surface area contributed by atoms with Gasteiger partial charge in [0.2, 0.25) is 0 Å². The number of hydrogen-bond acceptors (Lipinski definition) is 6. The van der Waals surface area contributed by atoms with E-state index in [1.54, 1.807) is 13.3 Å². The molecule has 0 bridgehead atoms. The first-order valence-corrected chi connectivity index (χ1v) is 11.3. The molecular formula is C22H30N4O2S. The summed E-state index contributed by atoms with van der Waals surface area (Å²) < 4.78 is 5.33. The van der Waals surface area contributed by atoms with Crippen LogP contribution in [0.15, 0.2) is 30.5 Å². The fraction of sp³-hybridized carbons (Fsp3) is 0.545. The molecule has 0 spiro atoms. The highest BCUT2D eigenvalue weighted by molar-refractivity contribution is 7.13. The highest BCUT2D eigenvalue weighted by Crippen LogP contribution is 2.20. The molecule has 2 aromatic rings. The van der Waals surface area contributed by atoms with Gasteiger partial charge in [-0.2, -0.15) is 0 Å². The third-order valence-corrected chi connectivity index (χ3v) is 6.70. The number of methoxy groups -OCH3 is 1. The fourth-order valence-electron chi connectivity index (χ4n) is 4.22. The number of thiazole rings is 1. The van der Waals surface area contributed by atoms with Crippen LogP contribution in [0.25, 0.3) is 0 Å². The number of carbonyl (C=O) groups excluding carboxylic acids is 1. The summed E-state index contributed by atoms with van der Waals surface area (Å²) in [6, 6.07) is 8.40. The maximum absolute atomic E-state index is 12.7. The maximum Gasteiger partial charge on any atom is 0.263 e. The molecule has 0 saturated carbocycles. The average molecular weight is 415 g/mol. The van der Waals surface area contributed by atoms with Crippen molar-refractivity contribution < 1.29 is 9.53 Å². The van der Waals surface area contributed by atoms with E-state index in [4.69, 9.17) is 4.74 Å². The predicted molar refractivity (Wildman–Crippen MR) is 115 cm³/mol. The molecule has 1 unspecified atom stereocenters. The van der Waals surface area contributed by atoms with E-state index < -0.39 is 0 Å². The Labute approximate surface area is 176 Å². The number of amides is 1. The zero-order valence-corrected chi connectivity index (χ0v) is 17.9. The molecule has 3 heterocycles. The second-order valence-electron chi connectivity index (χ2n) is 8.00. The number of hydrogen-bond donors (Lipinski definition) is 1. The van der Waals surface area contributed by atoms with Crippen LogP contribution in [0.1, 0.15) is 45.9 Å². The van der Waals surface area contributed by atoms with Gasteiger partial charge in [0.05, 0.1) is 19.9 Å². The average Bonchev–Trinajstić information content (AvgIpc) is 3.41. The minimum absolute atomic E-state index is 0.0170. The van der Waals surface area contributed by atoms with Crippen LogP contribution < -0.4 is 10.1 Å². The highest BCUT2D eigenvalue weighted by atomic mass is 32.1. The Hall–Kier alpha value is -1.96. The van der Waals surface area contributed by atoms with Crippen LogP contribution in [-0.2, 0) is 13.1 Å². The minimum atomic E-state index is 0.0170. The van der Waals surface area contributed by atoms with Crippen molar-refractivity contribution >= 4 is 17.2 Å². The van der Waals surface area contributed by atoms with Crippen molar-refractivity contribution in [1.29, 1.82) is 0 Å². The SMILES string of the molecule is COc1cccc(CN2CCCC(NC(=O)c3cnc(CN4CCCC4)s3)C2)c1. The molecular weight excluding hydrogens is 384 g/mol. The van der Waals surface area contributed by atoms with E-state index in [9.17, 15) is 4.79 Å². The van der Waals surface area contributed by atoms with Crippen molar-refractivity contribution in [1.82, 2.24) is 20.1 Å². The Morgan fingerprint density at radius 3 is 2.86 bits per heavy atom. The molecule has 1 aromatic carbocycles. The van der Waals surface area contributed by atoms with Gasteiger partial charge in [0, 0.05) is 19.1 Å². The van der Waals surface area contributed by atoms with Crippen molar-refractivity contribution in [3.63, 3.8) is 0 Å². The molecule has 29 heavy (non-hydrogen) atoms. The van der Waals surface area contributed by atoms with Crippen molar-refractivity contribution in [3.05, 3.63) is 45.9 Å². The molecule has 1 atom stereocenters. The summed E-state index contributed by atoms with van der Waals surface area (Å²) in [6.45, 7) is 5.98. The summed E-state index contributed by atoms with van der Waals surface area (Å²) in [5.41, 5.74) is 1.24. The standard InChI is InChI=1S/C22H30N4O2S/c1-28-19-8-4-6-17(12-19)14-26-11-5-7-18(15-26)24-22(27)20-13-23-21(29-20)16-25-9-2-3-10-25/h4,6,8,12-13,18H,2-3,5,7,9-11,14-16H2,1H3,(H,24,27). The molecule has 0 aliphatic carbocycles. The molecule has 4 rings (SSSR count). The lowest BCUT2D eigenvalue weighted by molar-refractivity contribution is 0.0904. The van der Waals surface area contributed by atoms with Gasteiger partial charge in [-0.1, -0.05) is 12.1 Å². The van der Waals surface area contributed by atoms with Gasteiger partial charge in [0.1, 0.15) is 15.6 Å². The Morgan fingerprint density at radius 1 is 1.21 bits per heavy atom. The summed E-state index contributed by atoms with van der Waals surface area (Å²) in [7, 11) is 1.70. The van der Waals surface area contributed by atoms with Gasteiger partial charge in [-0.15, -0.1) is 11.3 Å². The van der Waals surface area contributed by atoms with Crippen LogP contribution in [0, 0.1) is 0 Å². The second-order valence-corrected chi connectivity index (χ2v) is 9.12. The summed E-state index contributed by atoms with van der Waals surface area (Å²) >= 11 is 1.53. The molecule has 2 fully saturated rings. The zero-order chi connectivity index (χ0) is 20.1. The molecule has 6 nitrogen and oxygen atoms in total. The zero-order valence-electron chi connectivity index (χ0n) is 17.1. The normalized spacial score (nSPS) is 20.7. The van der Waals surface area contributed by atoms with E-state index in [-0.39, 0.29) is 11.9 Å². The third kappa shape index (κ3) is 5.56. The molecule has 7 heteroatoms. The lowest BCUT2D eigenvalue weighted by atomic mass is 10.0. The molecule has 1 aromatic heterocycles. The van der Waals surface area contributed by atoms with E-state index in [2.05, 4.69) is 32.2 Å². The summed E-state index contributed by atoms with van der Waals surface area (Å²) in [5.74, 6) is 0.905. The largest absolute Gasteiger partial charge is 0.497 e. The lowest BCUT2D eigenvalue weighted by Gasteiger charge is -2.33. The smallest absolute Gasteiger partial charge is 0.263 e. The summed E-state index contributed by atoms with van der Waals surface area (Å²) in [5, 5.41) is 4.27. The van der Waals surface area contributed by atoms with E-state index in [1.165, 1.54) is 29.7 Å². The Morgan fingerprint density at radius 2 is 2.03 bits per heavy atom. The fourth-order valence-corrected chi connectivity index (χ4v) is 5.09. The Bertz CT molecular complexity index is 819. The highest BCUT2D eigenvalue weighted by Gasteiger charge is 2.23. The Balaban J connectivity index is 1.29. The molecule has 0 radical (unpaired) electrons. The van der Waals surface area contributed by atoms with Crippen molar-refractivity contribution in [2.75, 3.05) is 33.3 Å². The van der Waals surface area contributed by atoms with E-state index in [1.807, 2.05) is 12.1 Å². The van der Waals surface area contributed by atoms with Crippen LogP contribution in [-0.4, -0.2) is 60.0 Å². The van der Waals surface area contributed by atoms with Gasteiger partial charge >= 0.3 is 0 Å². The van der Waals surface area contributed by atoms with E-state index >= 15 is 0 Å². The molecule has 2 aliphatic heterocycles. The van der Waals surface area contributed by atoms with Crippen LogP contribution in [0.5, 0.6) is 5.75 Å². The lowest BCUT2D eigenvalue weighted by Crippen LogP contribution is -2.47. The Kier molecular flexibility index (Phi) is 6.79. The van der Waals surface area contributed by atoms with E-state index in [0.717, 1.165) is 67.7 Å². The van der Waals surface area contributed by atoms with Gasteiger partial charge in [-0.3, -0.25) is 14.6 Å². The van der Waals surface area contributed by atoms with Crippen LogP contribution in [0.4, 0.5) is 0 Å². The number of nitrogens with zero attached hydrogens (tertiary/aromatic N) is 3. The number of likely N-dealkylation sites (tertiary alicyclic amines) is 2. The van der Waals surface area contributed by atoms with Crippen LogP contribution >= 0.6 is 11.3 Å². The molecule has 1 amide bonds. The van der Waals surface area contributed by atoms with Crippen LogP contribution in [0.3, 0.4) is 0 Å². The van der Waals surface area contributed by atoms with Gasteiger partial charge in [0.15, 0.2) is 0 Å². The van der Waals surface area contributed by atoms with Gasteiger partial charge in [-0.05, 0) is 63.0 Å². The number of ether oxygens (including phenoxy) is 1. The summed E-state index contributed by atoms with van der Waals surface area (Å²) in [4.78, 5) is 22.7. The summed E-state index contributed by atoms with van der Waals surface area (Å²) in [6.07, 6.45) is 6.40. The number of carbonyl (C=O) groups is 1. The first-order valence-electron chi connectivity index (χ1n) is 10.5. The molecule has 1 N–H and O–H groups in total. The second kappa shape index (κ2) is 9.69. The minimum Gasteiger partial charge on any atom is -0.497 e. The maximum atomic E-state index is 12.7. The molecule has 2 saturated heterocycles. The number of piperidine rings is 1. The first kappa shape index (κ1) is 20.3. The number of benzene rings is 1. The number of aromatic nitrogens is 1. The van der Waals surface area contributed by atoms with Gasteiger partial charge in [-0.25, -0.2) is 4.98 Å². The van der Waals surface area contributed by atoms with Gasteiger partial charge < -0.3 is 10.1 Å². The molecule has 2 aliphatic rings. The van der Waals surface area contributed by atoms with Crippen molar-refractivity contribution in [2.45, 2.75) is 44.8 Å². The van der Waals surface area contributed by atoms with Crippen LogP contribution in [0.2, 0.25) is 0 Å². The third-order valence-electron chi connectivity index (χ3n) is 5.72. The number of rotatable bonds is 7. The monoisotopic (exact) mass is 414 g/mol.